The Morgan fingerprint density at radius 3 is 2.60 bits per heavy atom. The minimum absolute atomic E-state index is 0.307. The van der Waals surface area contributed by atoms with E-state index in [1.165, 1.54) is 17.8 Å². The Bertz CT molecular complexity index is 283. The zero-order chi connectivity index (χ0) is 7.56. The molecule has 0 fully saturated rings. The molecule has 0 aliphatic carbocycles. The third-order valence-electron chi connectivity index (χ3n) is 1.17. The van der Waals surface area contributed by atoms with Gasteiger partial charge in [-0.15, -0.1) is 11.8 Å². The Hall–Kier alpha value is -0.570. The van der Waals surface area contributed by atoms with E-state index < -0.39 is 0 Å². The molecule has 0 bridgehead atoms. The smallest absolute Gasteiger partial charge is 0.239 e. The molecule has 1 rings (SSSR count). The summed E-state index contributed by atoms with van der Waals surface area (Å²) in [4.78, 5) is 21.6. The second-order valence-electron chi connectivity index (χ2n) is 2.05. The molecular weight excluding hydrogens is 148 g/mol. The van der Waals surface area contributed by atoms with Gasteiger partial charge < -0.3 is 0 Å². The lowest BCUT2D eigenvalue weighted by Crippen LogP contribution is -2.30. The van der Waals surface area contributed by atoms with E-state index in [0.29, 0.717) is 4.90 Å². The molecule has 1 aromatic rings. The Kier molecular flexibility index (Phi) is 2.27. The van der Waals surface area contributed by atoms with Gasteiger partial charge >= 0.3 is 0 Å². The van der Waals surface area contributed by atoms with E-state index in [0.717, 1.165) is 12.2 Å². The SMILES string of the molecule is CCCSc1cc(=O)c1=O. The maximum atomic E-state index is 10.6. The number of rotatable bonds is 3. The second-order valence-corrected chi connectivity index (χ2v) is 3.19. The summed E-state index contributed by atoms with van der Waals surface area (Å²) in [5.74, 6) is 0.921. The van der Waals surface area contributed by atoms with Crippen LogP contribution in [-0.4, -0.2) is 5.75 Å². The first-order valence-corrected chi connectivity index (χ1v) is 4.17. The van der Waals surface area contributed by atoms with Crippen molar-refractivity contribution >= 4 is 11.8 Å². The van der Waals surface area contributed by atoms with Gasteiger partial charge in [-0.1, -0.05) is 6.92 Å². The highest BCUT2D eigenvalue weighted by atomic mass is 32.2. The average molecular weight is 156 g/mol. The zero-order valence-corrected chi connectivity index (χ0v) is 6.53. The van der Waals surface area contributed by atoms with Crippen molar-refractivity contribution < 1.29 is 0 Å². The summed E-state index contributed by atoms with van der Waals surface area (Å²) in [6.07, 6.45) is 1.03. The minimum Gasteiger partial charge on any atom is -0.285 e. The van der Waals surface area contributed by atoms with Crippen molar-refractivity contribution in [3.05, 3.63) is 26.5 Å². The van der Waals surface area contributed by atoms with Crippen LogP contribution < -0.4 is 10.9 Å². The van der Waals surface area contributed by atoms with Crippen LogP contribution in [0.15, 0.2) is 20.6 Å². The molecule has 3 heteroatoms. The van der Waals surface area contributed by atoms with Gasteiger partial charge in [0.15, 0.2) is 0 Å². The molecule has 0 unspecified atom stereocenters. The molecule has 2 nitrogen and oxygen atoms in total. The molecule has 0 heterocycles. The molecular formula is C7H8O2S. The van der Waals surface area contributed by atoms with Gasteiger partial charge in [0.05, 0.1) is 4.90 Å². The average Bonchev–Trinajstić information content (AvgIpc) is 1.97. The highest BCUT2D eigenvalue weighted by molar-refractivity contribution is 7.99. The first-order chi connectivity index (χ1) is 4.75. The predicted molar refractivity (Wildman–Crippen MR) is 42.4 cm³/mol. The van der Waals surface area contributed by atoms with Gasteiger partial charge in [0.2, 0.25) is 10.9 Å². The predicted octanol–water partition coefficient (Wildman–Crippen LogP) is 0.785. The maximum Gasteiger partial charge on any atom is 0.239 e. The fourth-order valence-corrected chi connectivity index (χ4v) is 1.46. The van der Waals surface area contributed by atoms with E-state index >= 15 is 0 Å². The molecule has 0 aromatic heterocycles. The van der Waals surface area contributed by atoms with E-state index in [4.69, 9.17) is 0 Å². The maximum absolute atomic E-state index is 10.6. The van der Waals surface area contributed by atoms with Gasteiger partial charge in [0.25, 0.3) is 0 Å². The fraction of sp³-hybridized carbons (Fsp3) is 0.429. The lowest BCUT2D eigenvalue weighted by atomic mass is 10.3. The lowest BCUT2D eigenvalue weighted by Gasteiger charge is -1.97. The summed E-state index contributed by atoms with van der Waals surface area (Å²) in [6.45, 7) is 2.04. The molecule has 54 valence electrons. The van der Waals surface area contributed by atoms with Crippen LogP contribution in [-0.2, 0) is 0 Å². The lowest BCUT2D eigenvalue weighted by molar-refractivity contribution is 1.10. The van der Waals surface area contributed by atoms with Crippen LogP contribution >= 0.6 is 11.8 Å². The molecule has 0 aliphatic rings. The van der Waals surface area contributed by atoms with E-state index in [1.807, 2.05) is 6.92 Å². The fourth-order valence-electron chi connectivity index (χ4n) is 0.613. The summed E-state index contributed by atoms with van der Waals surface area (Å²) >= 11 is 1.47. The van der Waals surface area contributed by atoms with Crippen molar-refractivity contribution in [2.45, 2.75) is 18.2 Å². The normalized spacial score (nSPS) is 10.5. The molecule has 10 heavy (non-hydrogen) atoms. The molecule has 1 aromatic carbocycles. The minimum atomic E-state index is -0.349. The molecule has 0 amide bonds. The van der Waals surface area contributed by atoms with Gasteiger partial charge in [-0.25, -0.2) is 0 Å². The molecule has 0 radical (unpaired) electrons. The summed E-state index contributed by atoms with van der Waals surface area (Å²) in [7, 11) is 0. The Morgan fingerprint density at radius 1 is 1.50 bits per heavy atom. The first-order valence-electron chi connectivity index (χ1n) is 3.19. The molecule has 0 saturated heterocycles. The summed E-state index contributed by atoms with van der Waals surface area (Å²) in [5, 5.41) is 0. The van der Waals surface area contributed by atoms with Crippen LogP contribution in [0, 0.1) is 0 Å². The van der Waals surface area contributed by atoms with Gasteiger partial charge in [0.1, 0.15) is 0 Å². The van der Waals surface area contributed by atoms with E-state index in [2.05, 4.69) is 0 Å². The van der Waals surface area contributed by atoms with Crippen molar-refractivity contribution in [3.8, 4) is 0 Å². The van der Waals surface area contributed by atoms with Crippen LogP contribution in [0.4, 0.5) is 0 Å². The third kappa shape index (κ3) is 1.29. The van der Waals surface area contributed by atoms with E-state index in [9.17, 15) is 9.59 Å². The number of hydrogen-bond acceptors (Lipinski definition) is 3. The molecule has 0 aliphatic heterocycles. The van der Waals surface area contributed by atoms with Crippen LogP contribution in [0.25, 0.3) is 0 Å². The van der Waals surface area contributed by atoms with Gasteiger partial charge in [-0.3, -0.25) is 9.59 Å². The van der Waals surface area contributed by atoms with Gasteiger partial charge in [0, 0.05) is 6.07 Å². The highest BCUT2D eigenvalue weighted by Gasteiger charge is 2.07. The Balaban J connectivity index is 2.55. The summed E-state index contributed by atoms with van der Waals surface area (Å²) in [6, 6.07) is 1.41. The second kappa shape index (κ2) is 3.01. The monoisotopic (exact) mass is 156 g/mol. The van der Waals surface area contributed by atoms with Crippen LogP contribution in [0.1, 0.15) is 13.3 Å². The quantitative estimate of drug-likeness (QED) is 0.479. The molecule has 0 atom stereocenters. The van der Waals surface area contributed by atoms with Crippen LogP contribution in [0.2, 0.25) is 0 Å². The highest BCUT2D eigenvalue weighted by Crippen LogP contribution is 2.12. The third-order valence-corrected chi connectivity index (χ3v) is 2.40. The summed E-state index contributed by atoms with van der Waals surface area (Å²) in [5.41, 5.74) is -0.656. The standard InChI is InChI=1S/C7H8O2S/c1-2-3-10-6-4-5(8)7(6)9/h4H,2-3H2,1H3. The van der Waals surface area contributed by atoms with Crippen LogP contribution in [0.3, 0.4) is 0 Å². The summed E-state index contributed by atoms with van der Waals surface area (Å²) < 4.78 is 0. The molecule has 0 saturated carbocycles. The van der Waals surface area contributed by atoms with Crippen molar-refractivity contribution in [1.82, 2.24) is 0 Å². The number of hydrogen-bond donors (Lipinski definition) is 0. The Morgan fingerprint density at radius 2 is 2.20 bits per heavy atom. The van der Waals surface area contributed by atoms with Crippen molar-refractivity contribution in [3.63, 3.8) is 0 Å². The Labute approximate surface area is 63.0 Å². The van der Waals surface area contributed by atoms with Gasteiger partial charge in [-0.2, -0.15) is 0 Å². The van der Waals surface area contributed by atoms with Crippen molar-refractivity contribution in [1.29, 1.82) is 0 Å². The largest absolute Gasteiger partial charge is 0.285 e. The van der Waals surface area contributed by atoms with E-state index in [1.54, 1.807) is 0 Å². The molecule has 0 N–H and O–H groups in total. The van der Waals surface area contributed by atoms with Crippen molar-refractivity contribution in [2.24, 2.45) is 0 Å². The van der Waals surface area contributed by atoms with Gasteiger partial charge in [-0.05, 0) is 12.2 Å². The number of thioether (sulfide) groups is 1. The first kappa shape index (κ1) is 7.54. The zero-order valence-electron chi connectivity index (χ0n) is 5.72. The van der Waals surface area contributed by atoms with Crippen LogP contribution in [0.5, 0.6) is 0 Å². The molecule has 0 spiro atoms. The van der Waals surface area contributed by atoms with Crippen molar-refractivity contribution in [2.75, 3.05) is 5.75 Å². The topological polar surface area (TPSA) is 34.1 Å². The van der Waals surface area contributed by atoms with E-state index in [-0.39, 0.29) is 10.9 Å².